The van der Waals surface area contributed by atoms with Crippen molar-refractivity contribution in [2.24, 2.45) is 5.73 Å². The normalized spacial score (nSPS) is 16.3. The maximum Gasteiger partial charge on any atom is 0.236 e. The fourth-order valence-electron chi connectivity index (χ4n) is 1.88. The molecular formula is C11H16N4O. The molecule has 1 aliphatic heterocycles. The maximum absolute atomic E-state index is 11.4. The minimum atomic E-state index is 0.0332. The van der Waals surface area contributed by atoms with Gasteiger partial charge in [-0.15, -0.1) is 0 Å². The largest absolute Gasteiger partial charge is 0.367 e. The lowest BCUT2D eigenvalue weighted by Crippen LogP contribution is -2.50. The molecule has 0 unspecified atom stereocenters. The number of hydrogen-bond acceptors (Lipinski definition) is 4. The number of amides is 1. The van der Waals surface area contributed by atoms with Crippen LogP contribution in [-0.2, 0) is 4.79 Å². The number of nitrogens with two attached hydrogens (primary N) is 1. The molecule has 2 N–H and O–H groups in total. The first-order valence-electron chi connectivity index (χ1n) is 5.44. The van der Waals surface area contributed by atoms with Gasteiger partial charge in [-0.25, -0.2) is 0 Å². The molecule has 0 aromatic carbocycles. The lowest BCUT2D eigenvalue weighted by molar-refractivity contribution is -0.129. The highest BCUT2D eigenvalue weighted by molar-refractivity contribution is 5.78. The predicted molar refractivity (Wildman–Crippen MR) is 62.1 cm³/mol. The second kappa shape index (κ2) is 4.94. The third kappa shape index (κ3) is 2.30. The summed E-state index contributed by atoms with van der Waals surface area (Å²) in [4.78, 5) is 19.5. The van der Waals surface area contributed by atoms with Gasteiger partial charge in [0, 0.05) is 32.4 Å². The SMILES string of the molecule is NCC(=O)N1CCN(c2cccnc2)CC1. The van der Waals surface area contributed by atoms with Gasteiger partial charge >= 0.3 is 0 Å². The zero-order valence-corrected chi connectivity index (χ0v) is 9.17. The third-order valence-electron chi connectivity index (χ3n) is 2.82. The smallest absolute Gasteiger partial charge is 0.236 e. The van der Waals surface area contributed by atoms with Gasteiger partial charge < -0.3 is 15.5 Å². The minimum absolute atomic E-state index is 0.0332. The Kier molecular flexibility index (Phi) is 3.36. The summed E-state index contributed by atoms with van der Waals surface area (Å²) in [6.45, 7) is 3.28. The topological polar surface area (TPSA) is 62.5 Å². The summed E-state index contributed by atoms with van der Waals surface area (Å²) < 4.78 is 0. The summed E-state index contributed by atoms with van der Waals surface area (Å²) in [7, 11) is 0. The van der Waals surface area contributed by atoms with Gasteiger partial charge in [0.25, 0.3) is 0 Å². The van der Waals surface area contributed by atoms with E-state index < -0.39 is 0 Å². The molecule has 0 aliphatic carbocycles. The van der Waals surface area contributed by atoms with E-state index in [0.29, 0.717) is 0 Å². The van der Waals surface area contributed by atoms with Crippen molar-refractivity contribution in [3.05, 3.63) is 24.5 Å². The van der Waals surface area contributed by atoms with Gasteiger partial charge in [-0.2, -0.15) is 0 Å². The zero-order valence-electron chi connectivity index (χ0n) is 9.17. The molecule has 2 heterocycles. The number of pyridine rings is 1. The van der Waals surface area contributed by atoms with Crippen LogP contribution in [0.4, 0.5) is 5.69 Å². The Morgan fingerprint density at radius 3 is 2.69 bits per heavy atom. The molecule has 1 aliphatic rings. The quantitative estimate of drug-likeness (QED) is 0.742. The van der Waals surface area contributed by atoms with E-state index in [1.807, 2.05) is 23.2 Å². The molecule has 1 aromatic heterocycles. The molecule has 0 atom stereocenters. The summed E-state index contributed by atoms with van der Waals surface area (Å²) in [6.07, 6.45) is 3.61. The van der Waals surface area contributed by atoms with Crippen LogP contribution in [0.5, 0.6) is 0 Å². The van der Waals surface area contributed by atoms with Crippen molar-refractivity contribution in [1.29, 1.82) is 0 Å². The predicted octanol–water partition coefficient (Wildman–Crippen LogP) is -0.311. The van der Waals surface area contributed by atoms with Crippen LogP contribution >= 0.6 is 0 Å². The summed E-state index contributed by atoms with van der Waals surface area (Å²) in [5.74, 6) is 0.0332. The molecule has 1 saturated heterocycles. The molecule has 0 radical (unpaired) electrons. The number of rotatable bonds is 2. The standard InChI is InChI=1S/C11H16N4O/c12-8-11(16)15-6-4-14(5-7-15)10-2-1-3-13-9-10/h1-3,9H,4-8,12H2. The molecule has 2 rings (SSSR count). The zero-order chi connectivity index (χ0) is 11.4. The Morgan fingerprint density at radius 2 is 2.12 bits per heavy atom. The first-order valence-corrected chi connectivity index (χ1v) is 5.44. The van der Waals surface area contributed by atoms with Crippen molar-refractivity contribution in [1.82, 2.24) is 9.88 Å². The van der Waals surface area contributed by atoms with Crippen LogP contribution in [0.15, 0.2) is 24.5 Å². The lowest BCUT2D eigenvalue weighted by atomic mass is 10.2. The number of nitrogens with zero attached hydrogens (tertiary/aromatic N) is 3. The van der Waals surface area contributed by atoms with Gasteiger partial charge in [0.2, 0.25) is 5.91 Å². The lowest BCUT2D eigenvalue weighted by Gasteiger charge is -2.35. The molecule has 86 valence electrons. The first kappa shape index (κ1) is 10.9. The van der Waals surface area contributed by atoms with E-state index in [4.69, 9.17) is 5.73 Å². The van der Waals surface area contributed by atoms with E-state index >= 15 is 0 Å². The summed E-state index contributed by atoms with van der Waals surface area (Å²) in [6, 6.07) is 3.96. The van der Waals surface area contributed by atoms with Crippen LogP contribution in [0.2, 0.25) is 0 Å². The monoisotopic (exact) mass is 220 g/mol. The Morgan fingerprint density at radius 1 is 1.38 bits per heavy atom. The molecule has 16 heavy (non-hydrogen) atoms. The van der Waals surface area contributed by atoms with Gasteiger partial charge in [0.05, 0.1) is 18.4 Å². The van der Waals surface area contributed by atoms with Gasteiger partial charge in [-0.3, -0.25) is 9.78 Å². The molecule has 0 bridgehead atoms. The highest BCUT2D eigenvalue weighted by atomic mass is 16.2. The van der Waals surface area contributed by atoms with Crippen molar-refractivity contribution in [3.63, 3.8) is 0 Å². The van der Waals surface area contributed by atoms with Gasteiger partial charge in [-0.05, 0) is 12.1 Å². The molecule has 5 heteroatoms. The maximum atomic E-state index is 11.4. The molecule has 1 aromatic rings. The highest BCUT2D eigenvalue weighted by Crippen LogP contribution is 2.14. The summed E-state index contributed by atoms with van der Waals surface area (Å²) in [5, 5.41) is 0. The fraction of sp³-hybridized carbons (Fsp3) is 0.455. The summed E-state index contributed by atoms with van der Waals surface area (Å²) >= 11 is 0. The van der Waals surface area contributed by atoms with Crippen molar-refractivity contribution in [2.75, 3.05) is 37.6 Å². The Bertz CT molecular complexity index is 346. The molecule has 5 nitrogen and oxygen atoms in total. The van der Waals surface area contributed by atoms with E-state index in [1.54, 1.807) is 6.20 Å². The minimum Gasteiger partial charge on any atom is -0.367 e. The molecule has 1 amide bonds. The van der Waals surface area contributed by atoms with Crippen LogP contribution < -0.4 is 10.6 Å². The van der Waals surface area contributed by atoms with Crippen LogP contribution in [0, 0.1) is 0 Å². The van der Waals surface area contributed by atoms with Gasteiger partial charge in [0.1, 0.15) is 0 Å². The Hall–Kier alpha value is -1.62. The number of anilines is 1. The number of piperazine rings is 1. The van der Waals surface area contributed by atoms with Crippen molar-refractivity contribution in [3.8, 4) is 0 Å². The van der Waals surface area contributed by atoms with E-state index in [1.165, 1.54) is 0 Å². The van der Waals surface area contributed by atoms with E-state index in [2.05, 4.69) is 9.88 Å². The average Bonchev–Trinajstić information content (AvgIpc) is 2.39. The van der Waals surface area contributed by atoms with Crippen molar-refractivity contribution in [2.45, 2.75) is 0 Å². The van der Waals surface area contributed by atoms with Crippen LogP contribution in [-0.4, -0.2) is 48.5 Å². The number of carbonyl (C=O) groups is 1. The highest BCUT2D eigenvalue weighted by Gasteiger charge is 2.19. The number of aromatic nitrogens is 1. The van der Waals surface area contributed by atoms with Gasteiger partial charge in [-0.1, -0.05) is 0 Å². The molecule has 0 saturated carbocycles. The Labute approximate surface area is 94.9 Å². The number of carbonyl (C=O) groups excluding carboxylic acids is 1. The van der Waals surface area contributed by atoms with E-state index in [0.717, 1.165) is 31.9 Å². The first-order chi connectivity index (χ1) is 7.81. The average molecular weight is 220 g/mol. The van der Waals surface area contributed by atoms with Gasteiger partial charge in [0.15, 0.2) is 0 Å². The van der Waals surface area contributed by atoms with Crippen LogP contribution in [0.25, 0.3) is 0 Å². The fourth-order valence-corrected chi connectivity index (χ4v) is 1.88. The summed E-state index contributed by atoms with van der Waals surface area (Å²) in [5.41, 5.74) is 6.45. The third-order valence-corrected chi connectivity index (χ3v) is 2.82. The second-order valence-corrected chi connectivity index (χ2v) is 3.78. The Balaban J connectivity index is 1.93. The van der Waals surface area contributed by atoms with Crippen LogP contribution in [0.1, 0.15) is 0 Å². The van der Waals surface area contributed by atoms with Crippen molar-refractivity contribution >= 4 is 11.6 Å². The molecule has 0 spiro atoms. The molecular weight excluding hydrogens is 204 g/mol. The second-order valence-electron chi connectivity index (χ2n) is 3.78. The number of hydrogen-bond donors (Lipinski definition) is 1. The van der Waals surface area contributed by atoms with Crippen LogP contribution in [0.3, 0.4) is 0 Å². The van der Waals surface area contributed by atoms with E-state index in [-0.39, 0.29) is 12.5 Å². The molecule has 1 fully saturated rings. The van der Waals surface area contributed by atoms with E-state index in [9.17, 15) is 4.79 Å². The van der Waals surface area contributed by atoms with Crippen molar-refractivity contribution < 1.29 is 4.79 Å².